The number of furan rings is 1. The lowest BCUT2D eigenvalue weighted by atomic mass is 9.93. The summed E-state index contributed by atoms with van der Waals surface area (Å²) in [7, 11) is 0. The van der Waals surface area contributed by atoms with Crippen LogP contribution in [0.25, 0.3) is 0 Å². The van der Waals surface area contributed by atoms with Crippen LogP contribution >= 0.6 is 31.9 Å². The van der Waals surface area contributed by atoms with Gasteiger partial charge in [-0.2, -0.15) is 0 Å². The van der Waals surface area contributed by atoms with E-state index in [0.717, 1.165) is 17.7 Å². The number of ether oxygens (including phenoxy) is 1. The highest BCUT2D eigenvalue weighted by Gasteiger charge is 2.41. The van der Waals surface area contributed by atoms with Crippen molar-refractivity contribution in [2.75, 3.05) is 6.61 Å². The number of hydrogen-bond acceptors (Lipinski definition) is 2. The maximum Gasteiger partial charge on any atom is 0.169 e. The van der Waals surface area contributed by atoms with E-state index in [9.17, 15) is 0 Å². The van der Waals surface area contributed by atoms with Gasteiger partial charge in [0.05, 0.1) is 18.5 Å². The van der Waals surface area contributed by atoms with E-state index in [2.05, 4.69) is 45.7 Å². The molecule has 2 heterocycles. The highest BCUT2D eigenvalue weighted by molar-refractivity contribution is 9.10. The molecule has 0 radical (unpaired) electrons. The lowest BCUT2D eigenvalue weighted by Crippen LogP contribution is -2.30. The van der Waals surface area contributed by atoms with Crippen LogP contribution in [0.2, 0.25) is 0 Å². The third kappa shape index (κ3) is 2.48. The molecule has 0 spiro atoms. The van der Waals surface area contributed by atoms with Crippen LogP contribution < -0.4 is 0 Å². The second-order valence-electron chi connectivity index (χ2n) is 4.54. The second kappa shape index (κ2) is 4.22. The molecular weight excluding hydrogens is 324 g/mol. The van der Waals surface area contributed by atoms with Crippen LogP contribution in [0.4, 0.5) is 0 Å². The molecule has 1 aromatic rings. The van der Waals surface area contributed by atoms with Gasteiger partial charge < -0.3 is 9.15 Å². The topological polar surface area (TPSA) is 22.4 Å². The molecule has 2 nitrogen and oxygen atoms in total. The minimum atomic E-state index is -0.0639. The fraction of sp³-hybridized carbons (Fsp3) is 0.636. The standard InChI is InChI=1S/C11H14Br2O2/c1-11(2)10(13)8(6-15-11)3-7-4-9(12)14-5-7/h4-5,8,10H,3,6H2,1-2H3. The Hall–Kier alpha value is 0.200. The van der Waals surface area contributed by atoms with Crippen molar-refractivity contribution >= 4 is 31.9 Å². The van der Waals surface area contributed by atoms with Gasteiger partial charge in [0.25, 0.3) is 0 Å². The third-order valence-electron chi connectivity index (χ3n) is 2.87. The van der Waals surface area contributed by atoms with E-state index >= 15 is 0 Å². The molecule has 15 heavy (non-hydrogen) atoms. The average molecular weight is 338 g/mol. The first kappa shape index (κ1) is 11.7. The Bertz CT molecular complexity index is 346. The molecule has 0 amide bonds. The predicted octanol–water partition coefficient (Wildman–Crippen LogP) is 3.77. The van der Waals surface area contributed by atoms with Crippen molar-refractivity contribution in [3.05, 3.63) is 22.6 Å². The maximum atomic E-state index is 5.75. The van der Waals surface area contributed by atoms with Crippen molar-refractivity contribution in [1.82, 2.24) is 0 Å². The van der Waals surface area contributed by atoms with Crippen LogP contribution in [-0.2, 0) is 11.2 Å². The number of rotatable bonds is 2. The molecule has 4 heteroatoms. The van der Waals surface area contributed by atoms with Crippen LogP contribution in [0.3, 0.4) is 0 Å². The molecule has 2 unspecified atom stereocenters. The zero-order chi connectivity index (χ0) is 11.1. The zero-order valence-electron chi connectivity index (χ0n) is 8.80. The lowest BCUT2D eigenvalue weighted by molar-refractivity contribution is 0.0381. The van der Waals surface area contributed by atoms with E-state index in [1.807, 2.05) is 6.07 Å². The van der Waals surface area contributed by atoms with Gasteiger partial charge in [0.15, 0.2) is 4.67 Å². The molecule has 1 fully saturated rings. The summed E-state index contributed by atoms with van der Waals surface area (Å²) in [6, 6.07) is 2.02. The fourth-order valence-corrected chi connectivity index (χ4v) is 2.83. The molecule has 0 saturated carbocycles. The van der Waals surface area contributed by atoms with Crippen molar-refractivity contribution < 1.29 is 9.15 Å². The largest absolute Gasteiger partial charge is 0.457 e. The summed E-state index contributed by atoms with van der Waals surface area (Å²) in [6.45, 7) is 5.06. The van der Waals surface area contributed by atoms with Gasteiger partial charge in [-0.05, 0) is 47.8 Å². The van der Waals surface area contributed by atoms with Crippen LogP contribution in [-0.4, -0.2) is 17.0 Å². The van der Waals surface area contributed by atoms with Gasteiger partial charge in [-0.3, -0.25) is 0 Å². The Morgan fingerprint density at radius 3 is 2.73 bits per heavy atom. The van der Waals surface area contributed by atoms with E-state index in [0.29, 0.717) is 10.7 Å². The molecule has 1 saturated heterocycles. The highest BCUT2D eigenvalue weighted by Crippen LogP contribution is 2.37. The molecule has 0 N–H and O–H groups in total. The van der Waals surface area contributed by atoms with Crippen LogP contribution in [0.15, 0.2) is 21.4 Å². The first-order valence-corrected chi connectivity index (χ1v) is 6.71. The summed E-state index contributed by atoms with van der Waals surface area (Å²) in [5.74, 6) is 0.518. The van der Waals surface area contributed by atoms with Crippen LogP contribution in [0.5, 0.6) is 0 Å². The Balaban J connectivity index is 2.02. The zero-order valence-corrected chi connectivity index (χ0v) is 12.0. The van der Waals surface area contributed by atoms with E-state index in [1.54, 1.807) is 6.26 Å². The third-order valence-corrected chi connectivity index (χ3v) is 5.13. The van der Waals surface area contributed by atoms with Crippen molar-refractivity contribution in [3.8, 4) is 0 Å². The van der Waals surface area contributed by atoms with Gasteiger partial charge in [-0.1, -0.05) is 15.9 Å². The summed E-state index contributed by atoms with van der Waals surface area (Å²) in [5, 5.41) is 0. The van der Waals surface area contributed by atoms with Crippen LogP contribution in [0, 0.1) is 5.92 Å². The van der Waals surface area contributed by atoms with Crippen molar-refractivity contribution in [2.45, 2.75) is 30.7 Å². The van der Waals surface area contributed by atoms with E-state index in [-0.39, 0.29) is 5.60 Å². The summed E-state index contributed by atoms with van der Waals surface area (Å²) in [5.41, 5.74) is 1.16. The first-order valence-electron chi connectivity index (χ1n) is 5.00. The first-order chi connectivity index (χ1) is 6.99. The summed E-state index contributed by atoms with van der Waals surface area (Å²) >= 11 is 7.03. The normalized spacial score (nSPS) is 29.6. The van der Waals surface area contributed by atoms with Crippen LogP contribution in [0.1, 0.15) is 19.4 Å². The van der Waals surface area contributed by atoms with Gasteiger partial charge in [0.1, 0.15) is 0 Å². The molecule has 0 aromatic carbocycles. The smallest absolute Gasteiger partial charge is 0.169 e. The average Bonchev–Trinajstić information content (AvgIpc) is 2.66. The molecule has 1 aromatic heterocycles. The van der Waals surface area contributed by atoms with Crippen molar-refractivity contribution in [3.63, 3.8) is 0 Å². The van der Waals surface area contributed by atoms with Crippen molar-refractivity contribution in [2.24, 2.45) is 5.92 Å². The van der Waals surface area contributed by atoms with Gasteiger partial charge in [-0.15, -0.1) is 0 Å². The van der Waals surface area contributed by atoms with Gasteiger partial charge in [-0.25, -0.2) is 0 Å². The van der Waals surface area contributed by atoms with E-state index in [1.165, 1.54) is 5.56 Å². The maximum absolute atomic E-state index is 5.75. The quantitative estimate of drug-likeness (QED) is 0.766. The number of alkyl halides is 1. The molecule has 0 bridgehead atoms. The Kier molecular flexibility index (Phi) is 3.29. The van der Waals surface area contributed by atoms with E-state index < -0.39 is 0 Å². The molecular formula is C11H14Br2O2. The SMILES string of the molecule is CC1(C)OCC(Cc2coc(Br)c2)C1Br. The Labute approximate surface area is 107 Å². The Morgan fingerprint density at radius 2 is 2.27 bits per heavy atom. The molecule has 1 aliphatic heterocycles. The van der Waals surface area contributed by atoms with Gasteiger partial charge in [0.2, 0.25) is 0 Å². The molecule has 2 rings (SSSR count). The number of hydrogen-bond donors (Lipinski definition) is 0. The highest BCUT2D eigenvalue weighted by atomic mass is 79.9. The minimum absolute atomic E-state index is 0.0639. The molecule has 2 atom stereocenters. The second-order valence-corrected chi connectivity index (χ2v) is 6.31. The molecule has 0 aliphatic carbocycles. The fourth-order valence-electron chi connectivity index (χ4n) is 1.97. The summed E-state index contributed by atoms with van der Waals surface area (Å²) in [6.07, 6.45) is 2.80. The van der Waals surface area contributed by atoms with E-state index in [4.69, 9.17) is 9.15 Å². The van der Waals surface area contributed by atoms with Gasteiger partial charge in [0, 0.05) is 10.7 Å². The number of halogens is 2. The van der Waals surface area contributed by atoms with Crippen molar-refractivity contribution in [1.29, 1.82) is 0 Å². The molecule has 84 valence electrons. The molecule has 1 aliphatic rings. The summed E-state index contributed by atoms with van der Waals surface area (Å²) in [4.78, 5) is 0.402. The summed E-state index contributed by atoms with van der Waals surface area (Å²) < 4.78 is 11.8. The van der Waals surface area contributed by atoms with Gasteiger partial charge >= 0.3 is 0 Å². The Morgan fingerprint density at radius 1 is 1.53 bits per heavy atom. The monoisotopic (exact) mass is 336 g/mol. The lowest BCUT2D eigenvalue weighted by Gasteiger charge is -2.22. The predicted molar refractivity (Wildman–Crippen MR) is 66.3 cm³/mol. The minimum Gasteiger partial charge on any atom is -0.457 e.